The lowest BCUT2D eigenvalue weighted by Crippen LogP contribution is -2.11. The highest BCUT2D eigenvalue weighted by molar-refractivity contribution is 6.31. The van der Waals surface area contributed by atoms with Gasteiger partial charge in [-0.1, -0.05) is 70.7 Å². The zero-order valence-electron chi connectivity index (χ0n) is 19.3. The van der Waals surface area contributed by atoms with Gasteiger partial charge in [0.05, 0.1) is 0 Å². The summed E-state index contributed by atoms with van der Waals surface area (Å²) in [6.45, 7) is 3.91. The molecule has 4 N–H and O–H groups in total. The summed E-state index contributed by atoms with van der Waals surface area (Å²) in [6.07, 6.45) is 0. The lowest BCUT2D eigenvalue weighted by atomic mass is 10.1. The summed E-state index contributed by atoms with van der Waals surface area (Å²) in [5, 5.41) is 6.81. The van der Waals surface area contributed by atoms with Gasteiger partial charge < -0.3 is 16.1 Å². The third-order valence-electron chi connectivity index (χ3n) is 4.73. The molecule has 0 saturated carbocycles. The van der Waals surface area contributed by atoms with E-state index in [-0.39, 0.29) is 17.3 Å². The Morgan fingerprint density at radius 2 is 0.943 bits per heavy atom. The number of amides is 2. The Balaban J connectivity index is 0.000000240. The Kier molecular flexibility index (Phi) is 10.5. The highest BCUT2D eigenvalue weighted by Crippen LogP contribution is 2.17. The molecule has 0 unspecified atom stereocenters. The van der Waals surface area contributed by atoms with Crippen LogP contribution in [0.5, 0.6) is 0 Å². The van der Waals surface area contributed by atoms with Crippen molar-refractivity contribution in [2.24, 2.45) is 0 Å². The fourth-order valence-corrected chi connectivity index (χ4v) is 3.49. The molecule has 4 aromatic rings. The van der Waals surface area contributed by atoms with Crippen LogP contribution < -0.4 is 10.6 Å². The summed E-state index contributed by atoms with van der Waals surface area (Å²) in [5.41, 5.74) is 4.80. The Hall–Kier alpha value is -3.64. The fourth-order valence-electron chi connectivity index (χ4n) is 3.11. The van der Waals surface area contributed by atoms with E-state index in [2.05, 4.69) is 10.6 Å². The Bertz CT molecular complexity index is 1210. The number of nitrogens with one attached hydrogen (secondary N) is 2. The third kappa shape index (κ3) is 8.91. The molecule has 0 heterocycles. The van der Waals surface area contributed by atoms with Crippen LogP contribution in [0.3, 0.4) is 0 Å². The van der Waals surface area contributed by atoms with Crippen LogP contribution in [-0.2, 0) is 0 Å². The predicted octanol–water partition coefficient (Wildman–Crippen LogP) is 6.98. The van der Waals surface area contributed by atoms with E-state index >= 15 is 0 Å². The van der Waals surface area contributed by atoms with E-state index in [0.717, 1.165) is 11.1 Å². The molecule has 0 aliphatic rings. The molecular weight excluding hydrogens is 483 g/mol. The minimum absolute atomic E-state index is 0. The van der Waals surface area contributed by atoms with Crippen molar-refractivity contribution >= 4 is 46.4 Å². The summed E-state index contributed by atoms with van der Waals surface area (Å²) in [7, 11) is 0. The van der Waals surface area contributed by atoms with E-state index in [9.17, 15) is 9.59 Å². The van der Waals surface area contributed by atoms with E-state index in [1.165, 1.54) is 0 Å². The van der Waals surface area contributed by atoms with Crippen molar-refractivity contribution in [1.29, 1.82) is 0 Å². The minimum atomic E-state index is -0.129. The number of benzene rings is 4. The van der Waals surface area contributed by atoms with Gasteiger partial charge in [0.1, 0.15) is 0 Å². The van der Waals surface area contributed by atoms with Gasteiger partial charge in [-0.25, -0.2) is 0 Å². The van der Waals surface area contributed by atoms with Gasteiger partial charge in [-0.2, -0.15) is 0 Å². The van der Waals surface area contributed by atoms with Crippen molar-refractivity contribution < 1.29 is 15.1 Å². The average Bonchev–Trinajstić information content (AvgIpc) is 2.79. The van der Waals surface area contributed by atoms with E-state index in [4.69, 9.17) is 23.2 Å². The predicted molar refractivity (Wildman–Crippen MR) is 145 cm³/mol. The van der Waals surface area contributed by atoms with Gasteiger partial charge in [0.2, 0.25) is 0 Å². The van der Waals surface area contributed by atoms with Gasteiger partial charge in [-0.05, 0) is 74.5 Å². The van der Waals surface area contributed by atoms with E-state index < -0.39 is 0 Å². The zero-order chi connectivity index (χ0) is 24.5. The molecular formula is C28H26Cl2N2O3. The number of carbonyl (C=O) groups excluding carboxylic acids is 2. The number of hydrogen-bond acceptors (Lipinski definition) is 2. The van der Waals surface area contributed by atoms with Crippen LogP contribution >= 0.6 is 23.2 Å². The highest BCUT2D eigenvalue weighted by atomic mass is 35.5. The highest BCUT2D eigenvalue weighted by Gasteiger charge is 2.07. The summed E-state index contributed by atoms with van der Waals surface area (Å²) < 4.78 is 0. The van der Waals surface area contributed by atoms with Crippen molar-refractivity contribution in [3.05, 3.63) is 129 Å². The maximum Gasteiger partial charge on any atom is 0.255 e. The summed E-state index contributed by atoms with van der Waals surface area (Å²) in [5.74, 6) is -0.257. The average molecular weight is 509 g/mol. The molecule has 4 rings (SSSR count). The second-order valence-corrected chi connectivity index (χ2v) is 8.54. The molecule has 35 heavy (non-hydrogen) atoms. The molecule has 5 nitrogen and oxygen atoms in total. The van der Waals surface area contributed by atoms with Gasteiger partial charge in [0.25, 0.3) is 11.8 Å². The molecule has 0 aliphatic heterocycles. The minimum Gasteiger partial charge on any atom is -0.412 e. The number of rotatable bonds is 4. The van der Waals surface area contributed by atoms with Crippen LogP contribution in [0.1, 0.15) is 31.8 Å². The van der Waals surface area contributed by atoms with Crippen LogP contribution in [0, 0.1) is 13.8 Å². The maximum atomic E-state index is 11.9. The number of carbonyl (C=O) groups is 2. The van der Waals surface area contributed by atoms with Crippen LogP contribution in [-0.4, -0.2) is 17.3 Å². The number of hydrogen-bond donors (Lipinski definition) is 2. The smallest absolute Gasteiger partial charge is 0.255 e. The SMILES string of the molecule is Cc1cccc(C(=O)Nc2cccc(Cl)c2)c1.Cc1cccc(C(=O)Nc2cccc(Cl)c2)c1.O. The van der Waals surface area contributed by atoms with Crippen LogP contribution in [0.2, 0.25) is 10.0 Å². The van der Waals surface area contributed by atoms with Crippen molar-refractivity contribution in [2.75, 3.05) is 10.6 Å². The summed E-state index contributed by atoms with van der Waals surface area (Å²) >= 11 is 11.7. The van der Waals surface area contributed by atoms with Crippen LogP contribution in [0.15, 0.2) is 97.1 Å². The Morgan fingerprint density at radius 1 is 0.571 bits per heavy atom. The first-order chi connectivity index (χ1) is 16.3. The molecule has 2 amide bonds. The van der Waals surface area contributed by atoms with Gasteiger partial charge in [0, 0.05) is 32.5 Å². The fraction of sp³-hybridized carbons (Fsp3) is 0.0714. The number of aryl methyl sites for hydroxylation is 2. The van der Waals surface area contributed by atoms with Crippen molar-refractivity contribution in [3.8, 4) is 0 Å². The monoisotopic (exact) mass is 508 g/mol. The second kappa shape index (κ2) is 13.3. The molecule has 0 aliphatic carbocycles. The molecule has 7 heteroatoms. The molecule has 0 bridgehead atoms. The molecule has 180 valence electrons. The number of halogens is 2. The zero-order valence-corrected chi connectivity index (χ0v) is 20.8. The van der Waals surface area contributed by atoms with Crippen LogP contribution in [0.4, 0.5) is 11.4 Å². The summed E-state index contributed by atoms with van der Waals surface area (Å²) in [6, 6.07) is 29.1. The summed E-state index contributed by atoms with van der Waals surface area (Å²) in [4.78, 5) is 23.8. The topological polar surface area (TPSA) is 89.7 Å². The Morgan fingerprint density at radius 3 is 1.29 bits per heavy atom. The molecule has 0 atom stereocenters. The quantitative estimate of drug-likeness (QED) is 0.311. The van der Waals surface area contributed by atoms with Crippen molar-refractivity contribution in [2.45, 2.75) is 13.8 Å². The largest absolute Gasteiger partial charge is 0.412 e. The standard InChI is InChI=1S/2C14H12ClNO.H2O/c2*1-10-4-2-5-11(8-10)14(17)16-13-7-3-6-12(15)9-13;/h2*2-9H,1H3,(H,16,17);1H2. The van der Waals surface area contributed by atoms with E-state index in [1.807, 2.05) is 50.2 Å². The van der Waals surface area contributed by atoms with Gasteiger partial charge in [-0.15, -0.1) is 0 Å². The van der Waals surface area contributed by atoms with E-state index in [1.54, 1.807) is 60.7 Å². The number of anilines is 2. The molecule has 0 aromatic heterocycles. The van der Waals surface area contributed by atoms with E-state index in [0.29, 0.717) is 32.5 Å². The normalized spacial score (nSPS) is 9.71. The Labute approximate surface area is 215 Å². The molecule has 0 radical (unpaired) electrons. The van der Waals surface area contributed by atoms with Gasteiger partial charge in [0.15, 0.2) is 0 Å². The van der Waals surface area contributed by atoms with Gasteiger partial charge >= 0.3 is 0 Å². The lowest BCUT2D eigenvalue weighted by Gasteiger charge is -2.06. The first-order valence-electron chi connectivity index (χ1n) is 10.6. The molecule has 0 fully saturated rings. The first-order valence-corrected chi connectivity index (χ1v) is 11.3. The second-order valence-electron chi connectivity index (χ2n) is 7.67. The molecule has 0 spiro atoms. The molecule has 0 saturated heterocycles. The lowest BCUT2D eigenvalue weighted by molar-refractivity contribution is 0.101. The first kappa shape index (κ1) is 27.6. The third-order valence-corrected chi connectivity index (χ3v) is 5.20. The van der Waals surface area contributed by atoms with Crippen molar-refractivity contribution in [3.63, 3.8) is 0 Å². The van der Waals surface area contributed by atoms with Crippen molar-refractivity contribution in [1.82, 2.24) is 0 Å². The van der Waals surface area contributed by atoms with Crippen LogP contribution in [0.25, 0.3) is 0 Å². The maximum absolute atomic E-state index is 11.9. The van der Waals surface area contributed by atoms with Gasteiger partial charge in [-0.3, -0.25) is 9.59 Å². The molecule has 4 aromatic carbocycles.